The predicted molar refractivity (Wildman–Crippen MR) is 96.1 cm³/mol. The van der Waals surface area contributed by atoms with E-state index in [1.165, 1.54) is 37.9 Å². The Morgan fingerprint density at radius 3 is 2.30 bits per heavy atom. The molecule has 0 amide bonds. The van der Waals surface area contributed by atoms with Crippen molar-refractivity contribution in [2.75, 3.05) is 51.3 Å². The summed E-state index contributed by atoms with van der Waals surface area (Å²) < 4.78 is 5.50. The summed E-state index contributed by atoms with van der Waals surface area (Å²) in [5.74, 6) is 2.66. The number of ether oxygens (including phenoxy) is 1. The van der Waals surface area contributed by atoms with E-state index < -0.39 is 0 Å². The molecule has 1 saturated carbocycles. The molecule has 0 radical (unpaired) electrons. The van der Waals surface area contributed by atoms with Crippen LogP contribution in [0.15, 0.2) is 24.3 Å². The lowest BCUT2D eigenvalue weighted by molar-refractivity contribution is 0.175. The van der Waals surface area contributed by atoms with Gasteiger partial charge in [0.15, 0.2) is 0 Å². The summed E-state index contributed by atoms with van der Waals surface area (Å²) in [6.45, 7) is 6.67. The molecule has 0 bridgehead atoms. The van der Waals surface area contributed by atoms with Gasteiger partial charge in [0, 0.05) is 32.7 Å². The summed E-state index contributed by atoms with van der Waals surface area (Å²) in [5.41, 5.74) is 7.04. The van der Waals surface area contributed by atoms with Gasteiger partial charge in [0.25, 0.3) is 0 Å². The summed E-state index contributed by atoms with van der Waals surface area (Å²) in [6, 6.07) is 8.36. The van der Waals surface area contributed by atoms with E-state index in [4.69, 9.17) is 10.5 Å². The zero-order valence-corrected chi connectivity index (χ0v) is 14.4. The van der Waals surface area contributed by atoms with Crippen molar-refractivity contribution in [3.63, 3.8) is 0 Å². The van der Waals surface area contributed by atoms with Crippen molar-refractivity contribution < 1.29 is 4.74 Å². The number of para-hydroxylation sites is 2. The van der Waals surface area contributed by atoms with E-state index in [2.05, 4.69) is 28.0 Å². The highest BCUT2D eigenvalue weighted by molar-refractivity contribution is 5.58. The summed E-state index contributed by atoms with van der Waals surface area (Å²) in [4.78, 5) is 5.11. The summed E-state index contributed by atoms with van der Waals surface area (Å²) >= 11 is 0. The zero-order valence-electron chi connectivity index (χ0n) is 14.4. The minimum absolute atomic E-state index is 0.786. The predicted octanol–water partition coefficient (Wildman–Crippen LogP) is 2.58. The van der Waals surface area contributed by atoms with E-state index in [0.29, 0.717) is 0 Å². The second kappa shape index (κ2) is 8.02. The lowest BCUT2D eigenvalue weighted by Gasteiger charge is -2.39. The van der Waals surface area contributed by atoms with Crippen LogP contribution in [0.2, 0.25) is 0 Å². The van der Waals surface area contributed by atoms with Gasteiger partial charge in [0.05, 0.1) is 12.8 Å². The first-order valence-corrected chi connectivity index (χ1v) is 9.10. The Morgan fingerprint density at radius 2 is 1.65 bits per heavy atom. The van der Waals surface area contributed by atoms with Crippen molar-refractivity contribution in [3.8, 4) is 5.75 Å². The SMILES string of the molecule is COc1ccccc1N1CCN(CC2CCC(CN)CC2)CC1. The van der Waals surface area contributed by atoms with Gasteiger partial charge < -0.3 is 15.4 Å². The van der Waals surface area contributed by atoms with E-state index in [1.54, 1.807) is 7.11 Å². The van der Waals surface area contributed by atoms with Gasteiger partial charge in [-0.15, -0.1) is 0 Å². The number of benzene rings is 1. The Bertz CT molecular complexity index is 477. The highest BCUT2D eigenvalue weighted by Crippen LogP contribution is 2.30. The van der Waals surface area contributed by atoms with Gasteiger partial charge in [-0.3, -0.25) is 4.90 Å². The molecule has 2 fully saturated rings. The van der Waals surface area contributed by atoms with Gasteiger partial charge in [-0.2, -0.15) is 0 Å². The fraction of sp³-hybridized carbons (Fsp3) is 0.684. The molecule has 2 N–H and O–H groups in total. The smallest absolute Gasteiger partial charge is 0.142 e. The molecule has 0 aromatic heterocycles. The minimum atomic E-state index is 0.786. The number of hydrogen-bond donors (Lipinski definition) is 1. The van der Waals surface area contributed by atoms with Crippen LogP contribution in [0.3, 0.4) is 0 Å². The molecular formula is C19H31N3O. The van der Waals surface area contributed by atoms with Crippen molar-refractivity contribution in [2.45, 2.75) is 25.7 Å². The third-order valence-electron chi connectivity index (χ3n) is 5.61. The van der Waals surface area contributed by atoms with Gasteiger partial charge >= 0.3 is 0 Å². The number of nitrogens with zero attached hydrogens (tertiary/aromatic N) is 2. The molecule has 1 aromatic rings. The highest BCUT2D eigenvalue weighted by atomic mass is 16.5. The molecule has 4 nitrogen and oxygen atoms in total. The zero-order chi connectivity index (χ0) is 16.1. The van der Waals surface area contributed by atoms with Crippen molar-refractivity contribution in [1.29, 1.82) is 0 Å². The molecular weight excluding hydrogens is 286 g/mol. The molecule has 4 heteroatoms. The Hall–Kier alpha value is -1.26. The third-order valence-corrected chi connectivity index (χ3v) is 5.61. The topological polar surface area (TPSA) is 41.7 Å². The summed E-state index contributed by atoms with van der Waals surface area (Å²) in [5, 5.41) is 0. The van der Waals surface area contributed by atoms with Crippen molar-refractivity contribution >= 4 is 5.69 Å². The number of piperazine rings is 1. The Morgan fingerprint density at radius 1 is 1.00 bits per heavy atom. The van der Waals surface area contributed by atoms with Gasteiger partial charge in [-0.25, -0.2) is 0 Å². The maximum absolute atomic E-state index is 5.80. The van der Waals surface area contributed by atoms with Gasteiger partial charge in [0.1, 0.15) is 5.75 Å². The van der Waals surface area contributed by atoms with E-state index in [1.807, 2.05) is 6.07 Å². The van der Waals surface area contributed by atoms with Crippen LogP contribution in [0.1, 0.15) is 25.7 Å². The molecule has 23 heavy (non-hydrogen) atoms. The van der Waals surface area contributed by atoms with E-state index in [9.17, 15) is 0 Å². The monoisotopic (exact) mass is 317 g/mol. The first-order chi connectivity index (χ1) is 11.3. The quantitative estimate of drug-likeness (QED) is 0.906. The largest absolute Gasteiger partial charge is 0.495 e. The average Bonchev–Trinajstić information content (AvgIpc) is 2.63. The fourth-order valence-corrected chi connectivity index (χ4v) is 4.08. The lowest BCUT2D eigenvalue weighted by Crippen LogP contribution is -2.48. The van der Waals surface area contributed by atoms with E-state index in [-0.39, 0.29) is 0 Å². The lowest BCUT2D eigenvalue weighted by atomic mass is 9.82. The summed E-state index contributed by atoms with van der Waals surface area (Å²) in [6.07, 6.45) is 5.41. The molecule has 1 saturated heterocycles. The van der Waals surface area contributed by atoms with Crippen LogP contribution in [0, 0.1) is 11.8 Å². The highest BCUT2D eigenvalue weighted by Gasteiger charge is 2.25. The van der Waals surface area contributed by atoms with Crippen LogP contribution in [0.4, 0.5) is 5.69 Å². The van der Waals surface area contributed by atoms with Crippen LogP contribution in [0.5, 0.6) is 5.75 Å². The molecule has 1 aliphatic heterocycles. The number of hydrogen-bond acceptors (Lipinski definition) is 4. The third kappa shape index (κ3) is 4.18. The number of rotatable bonds is 5. The Kier molecular flexibility index (Phi) is 5.79. The van der Waals surface area contributed by atoms with Gasteiger partial charge in [-0.05, 0) is 56.2 Å². The molecule has 2 aliphatic rings. The Balaban J connectivity index is 1.47. The number of nitrogens with two attached hydrogens (primary N) is 1. The standard InChI is InChI=1S/C19H31N3O/c1-23-19-5-3-2-4-18(19)22-12-10-21(11-13-22)15-17-8-6-16(14-20)7-9-17/h2-5,16-17H,6-15,20H2,1H3. The normalized spacial score (nSPS) is 26.3. The molecule has 3 rings (SSSR count). The second-order valence-electron chi connectivity index (χ2n) is 7.08. The fourth-order valence-electron chi connectivity index (χ4n) is 4.08. The molecule has 128 valence electrons. The van der Waals surface area contributed by atoms with Gasteiger partial charge in [-0.1, -0.05) is 12.1 Å². The number of methoxy groups -OCH3 is 1. The first-order valence-electron chi connectivity index (χ1n) is 9.10. The van der Waals surface area contributed by atoms with Gasteiger partial charge in [0.2, 0.25) is 0 Å². The maximum atomic E-state index is 5.80. The molecule has 0 unspecified atom stereocenters. The molecule has 1 heterocycles. The second-order valence-corrected chi connectivity index (χ2v) is 7.08. The maximum Gasteiger partial charge on any atom is 0.142 e. The van der Waals surface area contributed by atoms with Crippen molar-refractivity contribution in [3.05, 3.63) is 24.3 Å². The van der Waals surface area contributed by atoms with Crippen LogP contribution in [-0.4, -0.2) is 51.3 Å². The van der Waals surface area contributed by atoms with Crippen molar-refractivity contribution in [1.82, 2.24) is 4.90 Å². The Labute approximate surface area is 140 Å². The van der Waals surface area contributed by atoms with Crippen molar-refractivity contribution in [2.24, 2.45) is 17.6 Å². The molecule has 0 atom stereocenters. The van der Waals surface area contributed by atoms with Crippen LogP contribution in [0.25, 0.3) is 0 Å². The van der Waals surface area contributed by atoms with E-state index >= 15 is 0 Å². The summed E-state index contributed by atoms with van der Waals surface area (Å²) in [7, 11) is 1.76. The first kappa shape index (κ1) is 16.6. The van der Waals surface area contributed by atoms with Crippen LogP contribution >= 0.6 is 0 Å². The van der Waals surface area contributed by atoms with Crippen LogP contribution in [-0.2, 0) is 0 Å². The van der Waals surface area contributed by atoms with Crippen LogP contribution < -0.4 is 15.4 Å². The van der Waals surface area contributed by atoms with E-state index in [0.717, 1.165) is 50.3 Å². The molecule has 0 spiro atoms. The molecule has 1 aromatic carbocycles. The minimum Gasteiger partial charge on any atom is -0.495 e. The molecule has 1 aliphatic carbocycles. The number of anilines is 1. The average molecular weight is 317 g/mol.